The van der Waals surface area contributed by atoms with Gasteiger partial charge in [-0.1, -0.05) is 6.92 Å². The van der Waals surface area contributed by atoms with Crippen LogP contribution in [0, 0.1) is 0 Å². The van der Waals surface area contributed by atoms with Crippen molar-refractivity contribution in [3.63, 3.8) is 0 Å². The van der Waals surface area contributed by atoms with Crippen molar-refractivity contribution in [2.45, 2.75) is 13.3 Å². The molecule has 0 unspecified atom stereocenters. The summed E-state index contributed by atoms with van der Waals surface area (Å²) < 4.78 is 12.1. The number of nitrogens with zero attached hydrogens (tertiary/aromatic N) is 1. The summed E-state index contributed by atoms with van der Waals surface area (Å²) in [4.78, 5) is 3.19. The molecule has 3 heteroatoms. The van der Waals surface area contributed by atoms with Crippen molar-refractivity contribution in [1.29, 1.82) is 0 Å². The fourth-order valence-electron chi connectivity index (χ4n) is 0.267. The van der Waals surface area contributed by atoms with Crippen LogP contribution < -0.4 is 5.73 Å². The lowest BCUT2D eigenvalue weighted by Crippen LogP contribution is -1.94. The predicted molar refractivity (Wildman–Crippen MR) is 32.2 cm³/mol. The molecule has 0 heterocycles. The maximum Gasteiger partial charge on any atom is 0.154 e. The molecule has 0 aliphatic heterocycles. The summed E-state index contributed by atoms with van der Waals surface area (Å²) >= 11 is 0. The van der Waals surface area contributed by atoms with E-state index in [4.69, 9.17) is 5.73 Å². The van der Waals surface area contributed by atoms with E-state index in [1.54, 1.807) is 6.92 Å². The van der Waals surface area contributed by atoms with Gasteiger partial charge >= 0.3 is 0 Å². The van der Waals surface area contributed by atoms with E-state index in [9.17, 15) is 4.39 Å². The molecule has 2 nitrogen and oxygen atoms in total. The normalized spacial score (nSPS) is 12.8. The Morgan fingerprint density at radius 1 is 1.88 bits per heavy atom. The second-order valence-electron chi connectivity index (χ2n) is 1.30. The number of rotatable bonds is 2. The summed E-state index contributed by atoms with van der Waals surface area (Å²) in [5.74, 6) is -0.507. The molecule has 0 saturated heterocycles. The first kappa shape index (κ1) is 7.14. The predicted octanol–water partition coefficient (Wildman–Crippen LogP) is 1.19. The molecule has 0 aliphatic carbocycles. The summed E-state index contributed by atoms with van der Waals surface area (Å²) in [7, 11) is 0. The van der Waals surface area contributed by atoms with Crippen molar-refractivity contribution < 1.29 is 4.39 Å². The van der Waals surface area contributed by atoms with Crippen LogP contribution in [0.15, 0.2) is 16.6 Å². The van der Waals surface area contributed by atoms with Crippen molar-refractivity contribution in [3.05, 3.63) is 11.6 Å². The average molecular weight is 116 g/mol. The zero-order valence-corrected chi connectivity index (χ0v) is 4.82. The molecule has 0 saturated carbocycles. The SMILES string of the molecule is C=N/C(N)=C(/F)CC. The van der Waals surface area contributed by atoms with Gasteiger partial charge in [0.15, 0.2) is 5.82 Å². The van der Waals surface area contributed by atoms with Crippen LogP contribution in [0.3, 0.4) is 0 Å². The Morgan fingerprint density at radius 2 is 2.38 bits per heavy atom. The van der Waals surface area contributed by atoms with Gasteiger partial charge < -0.3 is 5.73 Å². The minimum Gasteiger partial charge on any atom is -0.382 e. The van der Waals surface area contributed by atoms with Gasteiger partial charge in [0.2, 0.25) is 0 Å². The molecule has 0 fully saturated rings. The maximum atomic E-state index is 12.1. The van der Waals surface area contributed by atoms with Gasteiger partial charge in [0, 0.05) is 6.42 Å². The largest absolute Gasteiger partial charge is 0.382 e. The van der Waals surface area contributed by atoms with Crippen LogP contribution in [0.4, 0.5) is 4.39 Å². The van der Waals surface area contributed by atoms with E-state index in [0.717, 1.165) is 0 Å². The molecule has 2 N–H and O–H groups in total. The van der Waals surface area contributed by atoms with Crippen molar-refractivity contribution in [1.82, 2.24) is 0 Å². The van der Waals surface area contributed by atoms with E-state index in [2.05, 4.69) is 11.7 Å². The summed E-state index contributed by atoms with van der Waals surface area (Å²) in [6.07, 6.45) is 0.283. The smallest absolute Gasteiger partial charge is 0.154 e. The Bertz CT molecular complexity index is 118. The first-order valence-corrected chi connectivity index (χ1v) is 2.33. The highest BCUT2D eigenvalue weighted by atomic mass is 19.1. The van der Waals surface area contributed by atoms with Gasteiger partial charge in [0.05, 0.1) is 0 Å². The fourth-order valence-corrected chi connectivity index (χ4v) is 0.267. The van der Waals surface area contributed by atoms with E-state index in [0.29, 0.717) is 0 Å². The topological polar surface area (TPSA) is 38.4 Å². The first-order valence-electron chi connectivity index (χ1n) is 2.33. The van der Waals surface area contributed by atoms with Crippen LogP contribution in [0.2, 0.25) is 0 Å². The molecule has 0 aromatic rings. The number of halogens is 1. The second kappa shape index (κ2) is 3.18. The fraction of sp³-hybridized carbons (Fsp3) is 0.400. The molecule has 46 valence electrons. The Labute approximate surface area is 47.9 Å². The Kier molecular flexibility index (Phi) is 2.84. The molecule has 0 spiro atoms. The van der Waals surface area contributed by atoms with Gasteiger partial charge in [0.25, 0.3) is 0 Å². The lowest BCUT2D eigenvalue weighted by Gasteiger charge is -1.90. The Hall–Kier alpha value is -0.860. The highest BCUT2D eigenvalue weighted by Crippen LogP contribution is 2.04. The minimum atomic E-state index is -0.403. The molecule has 0 radical (unpaired) electrons. The quantitative estimate of drug-likeness (QED) is 0.541. The molecule has 0 aliphatic rings. The third-order valence-corrected chi connectivity index (χ3v) is 0.759. The van der Waals surface area contributed by atoms with E-state index in [-0.39, 0.29) is 12.2 Å². The zero-order chi connectivity index (χ0) is 6.57. The average Bonchev–Trinajstić information content (AvgIpc) is 1.84. The van der Waals surface area contributed by atoms with Crippen molar-refractivity contribution in [2.24, 2.45) is 10.7 Å². The third kappa shape index (κ3) is 1.73. The van der Waals surface area contributed by atoms with Gasteiger partial charge in [-0.15, -0.1) is 0 Å². The van der Waals surface area contributed by atoms with Crippen LogP contribution in [0.5, 0.6) is 0 Å². The van der Waals surface area contributed by atoms with Crippen LogP contribution in [-0.4, -0.2) is 6.72 Å². The summed E-state index contributed by atoms with van der Waals surface area (Å²) in [5, 5.41) is 0. The van der Waals surface area contributed by atoms with Gasteiger partial charge in [-0.05, 0) is 6.72 Å². The van der Waals surface area contributed by atoms with Crippen LogP contribution >= 0.6 is 0 Å². The minimum absolute atomic E-state index is 0.104. The standard InChI is InChI=1S/C5H9FN2/c1-3-4(6)5(7)8-2/h2-3,7H2,1H3/b5-4+. The summed E-state index contributed by atoms with van der Waals surface area (Å²) in [5.41, 5.74) is 5.00. The van der Waals surface area contributed by atoms with Crippen LogP contribution in [-0.2, 0) is 0 Å². The van der Waals surface area contributed by atoms with E-state index < -0.39 is 5.83 Å². The van der Waals surface area contributed by atoms with Crippen molar-refractivity contribution in [3.8, 4) is 0 Å². The molecule has 0 bridgehead atoms. The van der Waals surface area contributed by atoms with Crippen LogP contribution in [0.1, 0.15) is 13.3 Å². The maximum absolute atomic E-state index is 12.1. The number of aliphatic imine (C=N–C) groups is 1. The molecule has 0 atom stereocenters. The Morgan fingerprint density at radius 3 is 2.50 bits per heavy atom. The monoisotopic (exact) mass is 116 g/mol. The van der Waals surface area contributed by atoms with E-state index in [1.807, 2.05) is 0 Å². The molecule has 8 heavy (non-hydrogen) atoms. The van der Waals surface area contributed by atoms with Gasteiger partial charge in [-0.3, -0.25) is 0 Å². The molecule has 0 aromatic heterocycles. The lowest BCUT2D eigenvalue weighted by molar-refractivity contribution is 0.588. The molecule has 0 aromatic carbocycles. The van der Waals surface area contributed by atoms with Crippen molar-refractivity contribution in [2.75, 3.05) is 0 Å². The van der Waals surface area contributed by atoms with E-state index in [1.165, 1.54) is 0 Å². The second-order valence-corrected chi connectivity index (χ2v) is 1.30. The van der Waals surface area contributed by atoms with Gasteiger partial charge in [-0.25, -0.2) is 9.38 Å². The number of allylic oxidation sites excluding steroid dienone is 1. The zero-order valence-electron chi connectivity index (χ0n) is 4.82. The van der Waals surface area contributed by atoms with Crippen LogP contribution in [0.25, 0.3) is 0 Å². The summed E-state index contributed by atoms with van der Waals surface area (Å²) in [6.45, 7) is 4.72. The third-order valence-electron chi connectivity index (χ3n) is 0.759. The highest BCUT2D eigenvalue weighted by Gasteiger charge is 1.93. The van der Waals surface area contributed by atoms with Crippen molar-refractivity contribution >= 4 is 6.72 Å². The van der Waals surface area contributed by atoms with Gasteiger partial charge in [-0.2, -0.15) is 0 Å². The number of nitrogens with two attached hydrogens (primary N) is 1. The molecule has 0 rings (SSSR count). The highest BCUT2D eigenvalue weighted by molar-refractivity contribution is 5.28. The lowest BCUT2D eigenvalue weighted by atomic mass is 10.4. The number of hydrogen-bond acceptors (Lipinski definition) is 2. The molecular formula is C5H9FN2. The summed E-state index contributed by atoms with van der Waals surface area (Å²) in [6, 6.07) is 0. The van der Waals surface area contributed by atoms with Gasteiger partial charge in [0.1, 0.15) is 5.83 Å². The molecule has 0 amide bonds. The number of hydrogen-bond donors (Lipinski definition) is 1. The van der Waals surface area contributed by atoms with E-state index >= 15 is 0 Å². The Balaban J connectivity index is 4.03. The first-order chi connectivity index (χ1) is 3.72. The molecular weight excluding hydrogens is 107 g/mol.